The number of hydrogen-bond donors (Lipinski definition) is 2. The van der Waals surface area contributed by atoms with Gasteiger partial charge in [0, 0.05) is 38.4 Å². The Kier molecular flexibility index (Phi) is 4.92. The zero-order chi connectivity index (χ0) is 20.5. The molecule has 0 unspecified atom stereocenters. The summed E-state index contributed by atoms with van der Waals surface area (Å²) in [4.78, 5) is 20.5. The molecule has 2 aliphatic heterocycles. The van der Waals surface area contributed by atoms with E-state index >= 15 is 0 Å². The van der Waals surface area contributed by atoms with Gasteiger partial charge in [-0.25, -0.2) is 15.0 Å². The lowest BCUT2D eigenvalue weighted by Gasteiger charge is -2.28. The minimum absolute atomic E-state index is 0.202. The van der Waals surface area contributed by atoms with Gasteiger partial charge >= 0.3 is 0 Å². The summed E-state index contributed by atoms with van der Waals surface area (Å²) in [5.41, 5.74) is 4.82. The molecule has 3 aromatic rings. The third-order valence-electron chi connectivity index (χ3n) is 5.66. The molecular formula is C22H25N7O. The predicted octanol–water partition coefficient (Wildman–Crippen LogP) is 2.79. The quantitative estimate of drug-likeness (QED) is 0.688. The standard InChI is InChI=1S/C22H25N7O/c1-23-22-26-12-17-16(5-8-24-21(17)28-22)14-3-4-18-19(11-14)27-20(13-25-18)30-15-6-9-29(2)10-7-15/h3-5,11-13,15H,6-10H2,1-2H3,(H2,23,24,26,28). The molecule has 4 heterocycles. The van der Waals surface area contributed by atoms with Crippen molar-refractivity contribution >= 4 is 28.4 Å². The Balaban J connectivity index is 1.44. The number of ether oxygens (including phenoxy) is 1. The van der Waals surface area contributed by atoms with Crippen LogP contribution in [0.4, 0.5) is 11.8 Å². The molecule has 8 heteroatoms. The number of fused-ring (bicyclic) bond motifs is 2. The molecule has 2 aliphatic rings. The summed E-state index contributed by atoms with van der Waals surface area (Å²) in [6.45, 7) is 2.81. The first-order valence-corrected chi connectivity index (χ1v) is 10.3. The average molecular weight is 403 g/mol. The fraction of sp³-hybridized carbons (Fsp3) is 0.364. The Morgan fingerprint density at radius 1 is 1.10 bits per heavy atom. The third-order valence-corrected chi connectivity index (χ3v) is 5.66. The van der Waals surface area contributed by atoms with Crippen molar-refractivity contribution in [3.05, 3.63) is 47.8 Å². The van der Waals surface area contributed by atoms with Crippen LogP contribution in [0.25, 0.3) is 16.6 Å². The van der Waals surface area contributed by atoms with Gasteiger partial charge in [-0.05, 0) is 43.2 Å². The van der Waals surface area contributed by atoms with Crippen molar-refractivity contribution in [3.63, 3.8) is 0 Å². The minimum Gasteiger partial charge on any atom is -0.473 e. The largest absolute Gasteiger partial charge is 0.473 e. The number of piperidine rings is 1. The van der Waals surface area contributed by atoms with E-state index in [1.165, 1.54) is 0 Å². The molecule has 2 N–H and O–H groups in total. The fourth-order valence-corrected chi connectivity index (χ4v) is 3.96. The fourth-order valence-electron chi connectivity index (χ4n) is 3.96. The highest BCUT2D eigenvalue weighted by Gasteiger charge is 2.20. The zero-order valence-electron chi connectivity index (χ0n) is 17.2. The van der Waals surface area contributed by atoms with Crippen LogP contribution in [0.1, 0.15) is 24.0 Å². The summed E-state index contributed by atoms with van der Waals surface area (Å²) < 4.78 is 6.13. The first-order valence-electron chi connectivity index (χ1n) is 10.3. The van der Waals surface area contributed by atoms with Crippen LogP contribution in [-0.4, -0.2) is 64.7 Å². The van der Waals surface area contributed by atoms with Gasteiger partial charge in [-0.15, -0.1) is 0 Å². The Morgan fingerprint density at radius 2 is 1.97 bits per heavy atom. The first kappa shape index (κ1) is 18.7. The normalized spacial score (nSPS) is 17.2. The van der Waals surface area contributed by atoms with E-state index in [-0.39, 0.29) is 6.10 Å². The highest BCUT2D eigenvalue weighted by Crippen LogP contribution is 2.32. The second kappa shape index (κ2) is 7.87. The number of nitrogens with one attached hydrogen (secondary N) is 2. The van der Waals surface area contributed by atoms with Crippen molar-refractivity contribution in [2.45, 2.75) is 18.9 Å². The van der Waals surface area contributed by atoms with Gasteiger partial charge in [0.2, 0.25) is 11.8 Å². The second-order valence-electron chi connectivity index (χ2n) is 7.74. The molecule has 0 saturated carbocycles. The minimum atomic E-state index is 0.202. The van der Waals surface area contributed by atoms with Gasteiger partial charge in [0.1, 0.15) is 11.9 Å². The van der Waals surface area contributed by atoms with Gasteiger partial charge in [0.15, 0.2) is 0 Å². The zero-order valence-corrected chi connectivity index (χ0v) is 17.2. The molecule has 1 fully saturated rings. The summed E-state index contributed by atoms with van der Waals surface area (Å²) >= 11 is 0. The Morgan fingerprint density at radius 3 is 2.80 bits per heavy atom. The molecule has 0 bridgehead atoms. The highest BCUT2D eigenvalue weighted by molar-refractivity contribution is 5.90. The van der Waals surface area contributed by atoms with Gasteiger partial charge in [0.25, 0.3) is 0 Å². The number of benzene rings is 1. The SMILES string of the molecule is CNc1ncc2c(n1)NCC=C2c1ccc2ncc(OC3CCN(C)CC3)nc2c1. The Bertz CT molecular complexity index is 1110. The highest BCUT2D eigenvalue weighted by atomic mass is 16.5. The van der Waals surface area contributed by atoms with Crippen LogP contribution in [-0.2, 0) is 0 Å². The van der Waals surface area contributed by atoms with Crippen LogP contribution in [0.15, 0.2) is 36.7 Å². The molecule has 1 saturated heterocycles. The van der Waals surface area contributed by atoms with Crippen LogP contribution in [0.2, 0.25) is 0 Å². The van der Waals surface area contributed by atoms with E-state index in [0.717, 1.165) is 59.5 Å². The first-order chi connectivity index (χ1) is 14.7. The molecule has 0 radical (unpaired) electrons. The molecular weight excluding hydrogens is 378 g/mol. The second-order valence-corrected chi connectivity index (χ2v) is 7.74. The van der Waals surface area contributed by atoms with Crippen molar-refractivity contribution in [2.24, 2.45) is 0 Å². The Labute approximate surface area is 175 Å². The Hall–Kier alpha value is -3.26. The molecule has 30 heavy (non-hydrogen) atoms. The van der Waals surface area contributed by atoms with Crippen molar-refractivity contribution in [1.29, 1.82) is 0 Å². The van der Waals surface area contributed by atoms with Crippen LogP contribution >= 0.6 is 0 Å². The van der Waals surface area contributed by atoms with E-state index in [1.54, 1.807) is 6.20 Å². The van der Waals surface area contributed by atoms with Crippen LogP contribution in [0, 0.1) is 0 Å². The van der Waals surface area contributed by atoms with E-state index in [4.69, 9.17) is 9.72 Å². The number of nitrogens with zero attached hydrogens (tertiary/aromatic N) is 5. The molecule has 5 rings (SSSR count). The van der Waals surface area contributed by atoms with E-state index in [2.05, 4.69) is 55.7 Å². The van der Waals surface area contributed by atoms with Gasteiger partial charge in [-0.3, -0.25) is 0 Å². The molecule has 0 amide bonds. The van der Waals surface area contributed by atoms with E-state index in [1.807, 2.05) is 19.3 Å². The maximum atomic E-state index is 6.13. The molecule has 154 valence electrons. The lowest BCUT2D eigenvalue weighted by atomic mass is 9.96. The molecule has 0 spiro atoms. The molecule has 2 aromatic heterocycles. The lowest BCUT2D eigenvalue weighted by Crippen LogP contribution is -2.35. The topological polar surface area (TPSA) is 88.1 Å². The summed E-state index contributed by atoms with van der Waals surface area (Å²) in [6, 6.07) is 6.14. The van der Waals surface area contributed by atoms with Crippen LogP contribution in [0.5, 0.6) is 5.88 Å². The van der Waals surface area contributed by atoms with Crippen molar-refractivity contribution < 1.29 is 4.74 Å². The summed E-state index contributed by atoms with van der Waals surface area (Å²) in [7, 11) is 3.96. The van der Waals surface area contributed by atoms with E-state index in [9.17, 15) is 0 Å². The monoisotopic (exact) mass is 403 g/mol. The number of likely N-dealkylation sites (tertiary alicyclic amines) is 1. The number of anilines is 2. The molecule has 1 aromatic carbocycles. The number of rotatable bonds is 4. The van der Waals surface area contributed by atoms with E-state index in [0.29, 0.717) is 18.4 Å². The van der Waals surface area contributed by atoms with Gasteiger partial charge in [-0.1, -0.05) is 12.1 Å². The van der Waals surface area contributed by atoms with Crippen molar-refractivity contribution in [2.75, 3.05) is 44.4 Å². The molecule has 0 aliphatic carbocycles. The third kappa shape index (κ3) is 3.66. The van der Waals surface area contributed by atoms with Crippen molar-refractivity contribution in [3.8, 4) is 5.88 Å². The van der Waals surface area contributed by atoms with E-state index < -0.39 is 0 Å². The molecule has 8 nitrogen and oxygen atoms in total. The van der Waals surface area contributed by atoms with Gasteiger partial charge < -0.3 is 20.3 Å². The number of aromatic nitrogens is 4. The van der Waals surface area contributed by atoms with Gasteiger partial charge in [0.05, 0.1) is 17.2 Å². The van der Waals surface area contributed by atoms with Gasteiger partial charge in [-0.2, -0.15) is 4.98 Å². The summed E-state index contributed by atoms with van der Waals surface area (Å²) in [5, 5.41) is 6.29. The maximum absolute atomic E-state index is 6.13. The predicted molar refractivity (Wildman–Crippen MR) is 118 cm³/mol. The van der Waals surface area contributed by atoms with Crippen molar-refractivity contribution in [1.82, 2.24) is 24.8 Å². The lowest BCUT2D eigenvalue weighted by molar-refractivity contribution is 0.110. The average Bonchev–Trinajstić information content (AvgIpc) is 2.79. The smallest absolute Gasteiger partial charge is 0.233 e. The molecule has 0 atom stereocenters. The van der Waals surface area contributed by atoms with Crippen LogP contribution in [0.3, 0.4) is 0 Å². The van der Waals surface area contributed by atoms with Crippen LogP contribution < -0.4 is 15.4 Å². The number of hydrogen-bond acceptors (Lipinski definition) is 8. The summed E-state index contributed by atoms with van der Waals surface area (Å²) in [6.07, 6.45) is 7.96. The maximum Gasteiger partial charge on any atom is 0.233 e. The summed E-state index contributed by atoms with van der Waals surface area (Å²) in [5.74, 6) is 2.02.